The van der Waals surface area contributed by atoms with Crippen LogP contribution in [0.2, 0.25) is 0 Å². The van der Waals surface area contributed by atoms with Crippen molar-refractivity contribution in [1.29, 1.82) is 0 Å². The Labute approximate surface area is 113 Å². The Morgan fingerprint density at radius 3 is 3.11 bits per heavy atom. The summed E-state index contributed by atoms with van der Waals surface area (Å²) in [7, 11) is 2.10. The first-order valence-electron chi connectivity index (χ1n) is 6.83. The van der Waals surface area contributed by atoms with Crippen molar-refractivity contribution in [3.05, 3.63) is 18.2 Å². The van der Waals surface area contributed by atoms with Gasteiger partial charge in [-0.05, 0) is 14.0 Å². The van der Waals surface area contributed by atoms with Crippen LogP contribution in [-0.4, -0.2) is 70.7 Å². The molecule has 2 aliphatic rings. The van der Waals surface area contributed by atoms with Crippen molar-refractivity contribution in [1.82, 2.24) is 19.4 Å². The first-order chi connectivity index (χ1) is 9.20. The fourth-order valence-corrected chi connectivity index (χ4v) is 2.93. The molecule has 3 rings (SSSR count). The van der Waals surface area contributed by atoms with Gasteiger partial charge in [0.2, 0.25) is 0 Å². The standard InChI is InChI=1S/C13H20N4O2/c1-3-16-5-4-14-12(16)13(18)17-8-10-11(9-17)19-7-6-15(10)2/h4-5,10-11H,3,6-9H2,1-2H3. The average Bonchev–Trinajstić information content (AvgIpc) is 3.04. The summed E-state index contributed by atoms with van der Waals surface area (Å²) in [4.78, 5) is 20.8. The minimum atomic E-state index is 0.0123. The molecular weight excluding hydrogens is 244 g/mol. The summed E-state index contributed by atoms with van der Waals surface area (Å²) in [6, 6.07) is 0.322. The molecule has 6 nitrogen and oxygen atoms in total. The molecule has 104 valence electrons. The number of imidazole rings is 1. The molecule has 2 aliphatic heterocycles. The van der Waals surface area contributed by atoms with Crippen LogP contribution in [0.3, 0.4) is 0 Å². The number of fused-ring (bicyclic) bond motifs is 1. The summed E-state index contributed by atoms with van der Waals surface area (Å²) in [6.45, 7) is 5.87. The zero-order valence-electron chi connectivity index (χ0n) is 11.5. The molecule has 1 aromatic heterocycles. The average molecular weight is 264 g/mol. The van der Waals surface area contributed by atoms with Crippen molar-refractivity contribution in [2.45, 2.75) is 25.6 Å². The Bertz CT molecular complexity index is 473. The van der Waals surface area contributed by atoms with E-state index in [1.54, 1.807) is 6.20 Å². The molecule has 1 amide bonds. The summed E-state index contributed by atoms with van der Waals surface area (Å²) >= 11 is 0. The van der Waals surface area contributed by atoms with Gasteiger partial charge in [0.1, 0.15) is 0 Å². The molecular formula is C13H20N4O2. The van der Waals surface area contributed by atoms with Crippen molar-refractivity contribution in [2.75, 3.05) is 33.3 Å². The lowest BCUT2D eigenvalue weighted by atomic mass is 10.1. The van der Waals surface area contributed by atoms with Gasteiger partial charge in [0.05, 0.1) is 18.8 Å². The van der Waals surface area contributed by atoms with E-state index >= 15 is 0 Å². The predicted octanol–water partition coefficient (Wildman–Crippen LogP) is 0.0580. The molecule has 2 saturated heterocycles. The molecule has 6 heteroatoms. The van der Waals surface area contributed by atoms with E-state index in [0.29, 0.717) is 18.4 Å². The third-order valence-corrected chi connectivity index (χ3v) is 4.11. The van der Waals surface area contributed by atoms with Gasteiger partial charge >= 0.3 is 0 Å². The van der Waals surface area contributed by atoms with Crippen molar-refractivity contribution in [2.24, 2.45) is 0 Å². The van der Waals surface area contributed by atoms with Gasteiger partial charge in [-0.25, -0.2) is 4.98 Å². The summed E-state index contributed by atoms with van der Waals surface area (Å²) in [5.74, 6) is 0.544. The van der Waals surface area contributed by atoms with Gasteiger partial charge in [0.15, 0.2) is 5.82 Å². The molecule has 0 aromatic carbocycles. The zero-order valence-corrected chi connectivity index (χ0v) is 11.5. The Hall–Kier alpha value is -1.40. The van der Waals surface area contributed by atoms with Gasteiger partial charge in [-0.1, -0.05) is 0 Å². The Morgan fingerprint density at radius 1 is 1.53 bits per heavy atom. The van der Waals surface area contributed by atoms with Gasteiger partial charge in [-0.2, -0.15) is 0 Å². The normalized spacial score (nSPS) is 27.6. The number of amides is 1. The molecule has 3 heterocycles. The highest BCUT2D eigenvalue weighted by Gasteiger charge is 2.41. The number of carbonyl (C=O) groups is 1. The lowest BCUT2D eigenvalue weighted by molar-refractivity contribution is -0.0368. The number of aromatic nitrogens is 2. The molecule has 0 bridgehead atoms. The van der Waals surface area contributed by atoms with E-state index < -0.39 is 0 Å². The van der Waals surface area contributed by atoms with Crippen LogP contribution in [0.1, 0.15) is 17.5 Å². The number of hydrogen-bond acceptors (Lipinski definition) is 4. The number of nitrogens with zero attached hydrogens (tertiary/aromatic N) is 4. The van der Waals surface area contributed by atoms with E-state index in [1.165, 1.54) is 0 Å². The Kier molecular flexibility index (Phi) is 3.28. The van der Waals surface area contributed by atoms with Gasteiger partial charge in [-0.3, -0.25) is 9.69 Å². The van der Waals surface area contributed by atoms with Crippen LogP contribution in [-0.2, 0) is 11.3 Å². The highest BCUT2D eigenvalue weighted by atomic mass is 16.5. The molecule has 0 aliphatic carbocycles. The maximum atomic E-state index is 12.5. The predicted molar refractivity (Wildman–Crippen MR) is 70.0 cm³/mol. The largest absolute Gasteiger partial charge is 0.373 e. The quantitative estimate of drug-likeness (QED) is 0.758. The third kappa shape index (κ3) is 2.15. The fraction of sp³-hybridized carbons (Fsp3) is 0.692. The van der Waals surface area contributed by atoms with Crippen molar-refractivity contribution in [3.8, 4) is 0 Å². The Morgan fingerprint density at radius 2 is 2.37 bits per heavy atom. The zero-order chi connectivity index (χ0) is 13.4. The number of aryl methyl sites for hydroxylation is 1. The molecule has 1 aromatic rings. The molecule has 2 atom stereocenters. The molecule has 0 spiro atoms. The second kappa shape index (κ2) is 4.94. The first kappa shape index (κ1) is 12.6. The van der Waals surface area contributed by atoms with E-state index in [-0.39, 0.29) is 12.0 Å². The maximum Gasteiger partial charge on any atom is 0.290 e. The highest BCUT2D eigenvalue weighted by molar-refractivity contribution is 5.91. The Balaban J connectivity index is 1.75. The van der Waals surface area contributed by atoms with Crippen LogP contribution < -0.4 is 0 Å². The lowest BCUT2D eigenvalue weighted by Gasteiger charge is -2.33. The summed E-state index contributed by atoms with van der Waals surface area (Å²) < 4.78 is 7.65. The molecule has 2 fully saturated rings. The van der Waals surface area contributed by atoms with Crippen molar-refractivity contribution >= 4 is 5.91 Å². The third-order valence-electron chi connectivity index (χ3n) is 4.11. The number of likely N-dealkylation sites (N-methyl/N-ethyl adjacent to an activating group) is 1. The van der Waals surface area contributed by atoms with E-state index in [4.69, 9.17) is 4.74 Å². The second-order valence-electron chi connectivity index (χ2n) is 5.20. The molecule has 2 unspecified atom stereocenters. The fourth-order valence-electron chi connectivity index (χ4n) is 2.93. The monoisotopic (exact) mass is 264 g/mol. The molecule has 0 saturated carbocycles. The second-order valence-corrected chi connectivity index (χ2v) is 5.20. The molecule has 0 radical (unpaired) electrons. The highest BCUT2D eigenvalue weighted by Crippen LogP contribution is 2.22. The molecule has 19 heavy (non-hydrogen) atoms. The number of hydrogen-bond donors (Lipinski definition) is 0. The SMILES string of the molecule is CCn1ccnc1C(=O)N1CC2OCCN(C)C2C1. The van der Waals surface area contributed by atoms with Crippen LogP contribution in [0.25, 0.3) is 0 Å². The van der Waals surface area contributed by atoms with Gasteiger partial charge in [0, 0.05) is 38.6 Å². The summed E-state index contributed by atoms with van der Waals surface area (Å²) in [6.07, 6.45) is 3.68. The number of rotatable bonds is 2. The number of likely N-dealkylation sites (tertiary alicyclic amines) is 1. The van der Waals surface area contributed by atoms with E-state index in [1.807, 2.05) is 22.6 Å². The molecule has 0 N–H and O–H groups in total. The van der Waals surface area contributed by atoms with Crippen LogP contribution in [0.5, 0.6) is 0 Å². The first-order valence-corrected chi connectivity index (χ1v) is 6.83. The van der Waals surface area contributed by atoms with Crippen molar-refractivity contribution < 1.29 is 9.53 Å². The number of morpholine rings is 1. The van der Waals surface area contributed by atoms with E-state index in [9.17, 15) is 4.79 Å². The smallest absolute Gasteiger partial charge is 0.290 e. The topological polar surface area (TPSA) is 50.6 Å². The summed E-state index contributed by atoms with van der Waals surface area (Å²) in [5, 5.41) is 0. The van der Waals surface area contributed by atoms with Crippen LogP contribution in [0.15, 0.2) is 12.4 Å². The van der Waals surface area contributed by atoms with Crippen LogP contribution in [0, 0.1) is 0 Å². The lowest BCUT2D eigenvalue weighted by Crippen LogP contribution is -2.48. The number of carbonyl (C=O) groups excluding carboxylic acids is 1. The van der Waals surface area contributed by atoms with Crippen LogP contribution in [0.4, 0.5) is 0 Å². The van der Waals surface area contributed by atoms with Gasteiger partial charge < -0.3 is 14.2 Å². The number of ether oxygens (including phenoxy) is 1. The van der Waals surface area contributed by atoms with Gasteiger partial charge in [0.25, 0.3) is 5.91 Å². The van der Waals surface area contributed by atoms with Crippen LogP contribution >= 0.6 is 0 Å². The maximum absolute atomic E-state index is 12.5. The van der Waals surface area contributed by atoms with E-state index in [0.717, 1.165) is 26.2 Å². The minimum Gasteiger partial charge on any atom is -0.373 e. The minimum absolute atomic E-state index is 0.0123. The van der Waals surface area contributed by atoms with Gasteiger partial charge in [-0.15, -0.1) is 0 Å². The van der Waals surface area contributed by atoms with E-state index in [2.05, 4.69) is 16.9 Å². The van der Waals surface area contributed by atoms with Crippen molar-refractivity contribution in [3.63, 3.8) is 0 Å². The summed E-state index contributed by atoms with van der Waals surface area (Å²) in [5.41, 5.74) is 0.